The lowest BCUT2D eigenvalue weighted by atomic mass is 10.1. The van der Waals surface area contributed by atoms with Gasteiger partial charge in [0, 0.05) is 22.8 Å². The van der Waals surface area contributed by atoms with Gasteiger partial charge in [0.1, 0.15) is 28.5 Å². The summed E-state index contributed by atoms with van der Waals surface area (Å²) in [4.78, 5) is 40.3. The van der Waals surface area contributed by atoms with Crippen LogP contribution in [-0.2, 0) is 6.61 Å². The summed E-state index contributed by atoms with van der Waals surface area (Å²) < 4.78 is 33.3. The average Bonchev–Trinajstić information content (AvgIpc) is 2.70. The molecule has 3 aromatic rings. The Hall–Kier alpha value is -3.60. The van der Waals surface area contributed by atoms with Gasteiger partial charge in [-0.2, -0.15) is 4.98 Å². The number of primary amides is 2. The van der Waals surface area contributed by atoms with E-state index in [0.717, 1.165) is 10.6 Å². The maximum Gasteiger partial charge on any atom is 0.276 e. The SMILES string of the molecule is Cc1nc(OCc2ccc(F)cc2F)c(Br)c(=O)n1-c1cc(C(N)=O)cc(C(N)=O)c1. The highest BCUT2D eigenvalue weighted by molar-refractivity contribution is 9.10. The van der Waals surface area contributed by atoms with E-state index in [9.17, 15) is 23.2 Å². The number of hydrogen-bond acceptors (Lipinski definition) is 5. The van der Waals surface area contributed by atoms with Crippen LogP contribution >= 0.6 is 15.9 Å². The molecule has 11 heteroatoms. The normalized spacial score (nSPS) is 10.7. The second-order valence-electron chi connectivity index (χ2n) is 6.44. The van der Waals surface area contributed by atoms with Crippen LogP contribution < -0.4 is 21.8 Å². The molecule has 1 aromatic heterocycles. The van der Waals surface area contributed by atoms with E-state index in [-0.39, 0.29) is 45.2 Å². The van der Waals surface area contributed by atoms with Crippen molar-refractivity contribution in [3.05, 3.63) is 85.4 Å². The molecular weight excluding hydrogens is 478 g/mol. The number of carbonyl (C=O) groups is 2. The van der Waals surface area contributed by atoms with Gasteiger partial charge in [0.15, 0.2) is 0 Å². The van der Waals surface area contributed by atoms with E-state index in [0.29, 0.717) is 6.07 Å². The van der Waals surface area contributed by atoms with Crippen LogP contribution in [0.4, 0.5) is 8.78 Å². The molecule has 0 spiro atoms. The van der Waals surface area contributed by atoms with Gasteiger partial charge in [-0.05, 0) is 53.2 Å². The van der Waals surface area contributed by atoms with Gasteiger partial charge in [0.05, 0.1) is 5.69 Å². The Morgan fingerprint density at radius 1 is 1.10 bits per heavy atom. The number of rotatable bonds is 6. The lowest BCUT2D eigenvalue weighted by Gasteiger charge is -2.15. The van der Waals surface area contributed by atoms with Gasteiger partial charge in [-0.3, -0.25) is 19.0 Å². The van der Waals surface area contributed by atoms with Gasteiger partial charge in [-0.1, -0.05) is 0 Å². The molecule has 0 aliphatic carbocycles. The monoisotopic (exact) mass is 492 g/mol. The number of benzene rings is 2. The van der Waals surface area contributed by atoms with Crippen LogP contribution in [0.3, 0.4) is 0 Å². The first-order valence-electron chi connectivity index (χ1n) is 8.69. The molecule has 0 aliphatic heterocycles. The maximum atomic E-state index is 13.8. The van der Waals surface area contributed by atoms with Crippen LogP contribution in [-0.4, -0.2) is 21.4 Å². The Bertz CT molecular complexity index is 1240. The summed E-state index contributed by atoms with van der Waals surface area (Å²) in [5.74, 6) is -3.15. The summed E-state index contributed by atoms with van der Waals surface area (Å²) >= 11 is 3.10. The van der Waals surface area contributed by atoms with E-state index >= 15 is 0 Å². The van der Waals surface area contributed by atoms with E-state index in [2.05, 4.69) is 20.9 Å². The van der Waals surface area contributed by atoms with Crippen LogP contribution in [0.25, 0.3) is 5.69 Å². The largest absolute Gasteiger partial charge is 0.472 e. The van der Waals surface area contributed by atoms with Crippen molar-refractivity contribution in [1.82, 2.24) is 9.55 Å². The van der Waals surface area contributed by atoms with E-state index < -0.39 is 29.0 Å². The van der Waals surface area contributed by atoms with Crippen LogP contribution in [0.2, 0.25) is 0 Å². The second-order valence-corrected chi connectivity index (χ2v) is 7.23. The fraction of sp³-hybridized carbons (Fsp3) is 0.100. The molecule has 160 valence electrons. The summed E-state index contributed by atoms with van der Waals surface area (Å²) in [5.41, 5.74) is 10.1. The molecule has 0 saturated carbocycles. The standard InChI is InChI=1S/C20H15BrF2N4O4/c1-9-26-19(31-8-10-2-3-13(22)7-15(10)23)16(21)20(30)27(9)14-5-11(17(24)28)4-12(6-14)18(25)29/h2-7H,8H2,1H3,(H2,24,28)(H2,25,29). The van der Waals surface area contributed by atoms with Crippen molar-refractivity contribution in [2.45, 2.75) is 13.5 Å². The Balaban J connectivity index is 2.03. The Morgan fingerprint density at radius 3 is 2.26 bits per heavy atom. The first-order chi connectivity index (χ1) is 14.6. The Labute approximate surface area is 182 Å². The summed E-state index contributed by atoms with van der Waals surface area (Å²) in [6.07, 6.45) is 0. The van der Waals surface area contributed by atoms with Crippen molar-refractivity contribution in [3.8, 4) is 11.6 Å². The van der Waals surface area contributed by atoms with Crippen molar-refractivity contribution in [2.75, 3.05) is 0 Å². The summed E-state index contributed by atoms with van der Waals surface area (Å²) in [6.45, 7) is 1.18. The topological polar surface area (TPSA) is 130 Å². The molecule has 0 unspecified atom stereocenters. The fourth-order valence-electron chi connectivity index (χ4n) is 2.79. The third-order valence-corrected chi connectivity index (χ3v) is 4.97. The molecule has 8 nitrogen and oxygen atoms in total. The van der Waals surface area contributed by atoms with Crippen LogP contribution in [0.15, 0.2) is 45.7 Å². The van der Waals surface area contributed by atoms with Crippen LogP contribution in [0.1, 0.15) is 32.1 Å². The highest BCUT2D eigenvalue weighted by atomic mass is 79.9. The minimum Gasteiger partial charge on any atom is -0.472 e. The van der Waals surface area contributed by atoms with Gasteiger partial charge in [-0.15, -0.1) is 0 Å². The van der Waals surface area contributed by atoms with Crippen molar-refractivity contribution in [1.29, 1.82) is 0 Å². The zero-order chi connectivity index (χ0) is 22.9. The molecule has 0 bridgehead atoms. The molecule has 3 rings (SSSR count). The number of aryl methyl sites for hydroxylation is 1. The van der Waals surface area contributed by atoms with Gasteiger partial charge in [0.2, 0.25) is 17.7 Å². The van der Waals surface area contributed by atoms with E-state index in [1.165, 1.54) is 31.2 Å². The molecule has 0 aliphatic rings. The van der Waals surface area contributed by atoms with E-state index in [4.69, 9.17) is 16.2 Å². The highest BCUT2D eigenvalue weighted by Gasteiger charge is 2.18. The van der Waals surface area contributed by atoms with Crippen molar-refractivity contribution >= 4 is 27.7 Å². The second kappa shape index (κ2) is 8.64. The minimum absolute atomic E-state index is 0.0270. The fourth-order valence-corrected chi connectivity index (χ4v) is 3.17. The van der Waals surface area contributed by atoms with Crippen LogP contribution in [0.5, 0.6) is 5.88 Å². The van der Waals surface area contributed by atoms with E-state index in [1.54, 1.807) is 0 Å². The molecular formula is C20H15BrF2N4O4. The third-order valence-electron chi connectivity index (χ3n) is 4.29. The zero-order valence-electron chi connectivity index (χ0n) is 16.0. The lowest BCUT2D eigenvalue weighted by Crippen LogP contribution is -2.25. The zero-order valence-corrected chi connectivity index (χ0v) is 17.6. The number of carbonyl (C=O) groups excluding carboxylic acids is 2. The van der Waals surface area contributed by atoms with Crippen LogP contribution in [0, 0.1) is 18.6 Å². The van der Waals surface area contributed by atoms with Gasteiger partial charge >= 0.3 is 0 Å². The number of hydrogen-bond donors (Lipinski definition) is 2. The highest BCUT2D eigenvalue weighted by Crippen LogP contribution is 2.23. The maximum absolute atomic E-state index is 13.8. The predicted molar refractivity (Wildman–Crippen MR) is 110 cm³/mol. The molecule has 2 amide bonds. The van der Waals surface area contributed by atoms with Crippen molar-refractivity contribution in [2.24, 2.45) is 11.5 Å². The Kier molecular flexibility index (Phi) is 6.16. The molecule has 4 N–H and O–H groups in total. The smallest absolute Gasteiger partial charge is 0.276 e. The molecule has 0 radical (unpaired) electrons. The number of ether oxygens (including phenoxy) is 1. The van der Waals surface area contributed by atoms with Gasteiger partial charge in [0.25, 0.3) is 5.56 Å². The number of nitrogens with zero attached hydrogens (tertiary/aromatic N) is 2. The summed E-state index contributed by atoms with van der Waals surface area (Å²) in [5, 5.41) is 0. The molecule has 31 heavy (non-hydrogen) atoms. The third kappa shape index (κ3) is 4.61. The minimum atomic E-state index is -0.816. The van der Waals surface area contributed by atoms with Gasteiger partial charge < -0.3 is 16.2 Å². The first kappa shape index (κ1) is 22.1. The molecule has 0 saturated heterocycles. The molecule has 0 fully saturated rings. The first-order valence-corrected chi connectivity index (χ1v) is 9.48. The van der Waals surface area contributed by atoms with Crippen molar-refractivity contribution in [3.63, 3.8) is 0 Å². The average molecular weight is 493 g/mol. The lowest BCUT2D eigenvalue weighted by molar-refractivity contribution is 0.0999. The number of halogens is 3. The van der Waals surface area contributed by atoms with Gasteiger partial charge in [-0.25, -0.2) is 8.78 Å². The predicted octanol–water partition coefficient (Wildman–Crippen LogP) is 2.36. The van der Waals surface area contributed by atoms with Crippen molar-refractivity contribution < 1.29 is 23.1 Å². The number of aromatic nitrogens is 2. The molecule has 0 atom stereocenters. The summed E-state index contributed by atoms with van der Waals surface area (Å²) in [6, 6.07) is 6.85. The number of amides is 2. The quantitative estimate of drug-likeness (QED) is 0.545. The Morgan fingerprint density at radius 2 is 1.71 bits per heavy atom. The van der Waals surface area contributed by atoms with E-state index in [1.807, 2.05) is 0 Å². The summed E-state index contributed by atoms with van der Waals surface area (Å²) in [7, 11) is 0. The molecule has 1 heterocycles. The molecule has 2 aromatic carbocycles. The number of nitrogens with two attached hydrogens (primary N) is 2.